The van der Waals surface area contributed by atoms with Crippen LogP contribution in [0, 0.1) is 0 Å². The van der Waals surface area contributed by atoms with E-state index in [-0.39, 0.29) is 12.0 Å². The van der Waals surface area contributed by atoms with E-state index >= 15 is 0 Å². The molecule has 166 valence electrons. The van der Waals surface area contributed by atoms with Gasteiger partial charge in [0.2, 0.25) is 5.82 Å². The zero-order chi connectivity index (χ0) is 22.5. The normalized spacial score (nSPS) is 16.0. The van der Waals surface area contributed by atoms with Gasteiger partial charge in [0, 0.05) is 24.2 Å². The predicted octanol–water partition coefficient (Wildman–Crippen LogP) is 3.51. The van der Waals surface area contributed by atoms with Crippen molar-refractivity contribution in [3.63, 3.8) is 0 Å². The lowest BCUT2D eigenvalue weighted by Crippen LogP contribution is -2.37. The van der Waals surface area contributed by atoms with E-state index in [1.54, 1.807) is 0 Å². The molecular weight excluding hydrogens is 404 g/mol. The third-order valence-corrected chi connectivity index (χ3v) is 5.71. The Kier molecular flexibility index (Phi) is 6.61. The molecule has 8 nitrogen and oxygen atoms in total. The van der Waals surface area contributed by atoms with Gasteiger partial charge < -0.3 is 9.75 Å². The number of esters is 1. The average Bonchev–Trinajstić information content (AvgIpc) is 3.46. The molecule has 1 aliphatic heterocycles. The quantitative estimate of drug-likeness (QED) is 0.526. The van der Waals surface area contributed by atoms with E-state index in [1.807, 2.05) is 31.2 Å². The van der Waals surface area contributed by atoms with Gasteiger partial charge in [0.1, 0.15) is 0 Å². The Morgan fingerprint density at radius 3 is 2.53 bits per heavy atom. The van der Waals surface area contributed by atoms with Crippen LogP contribution in [-0.2, 0) is 16.0 Å². The number of aromatic nitrogens is 4. The maximum atomic E-state index is 12.5. The molecule has 1 unspecified atom stereocenters. The van der Waals surface area contributed by atoms with Gasteiger partial charge in [-0.1, -0.05) is 61.9 Å². The van der Waals surface area contributed by atoms with Crippen LogP contribution < -0.4 is 5.43 Å². The number of hydrogen-bond acceptors (Lipinski definition) is 7. The van der Waals surface area contributed by atoms with Gasteiger partial charge in [-0.3, -0.25) is 0 Å². The van der Waals surface area contributed by atoms with E-state index < -0.39 is 0 Å². The zero-order valence-electron chi connectivity index (χ0n) is 18.6. The molecule has 1 aromatic heterocycles. The summed E-state index contributed by atoms with van der Waals surface area (Å²) in [6, 6.07) is 16.3. The second kappa shape index (κ2) is 9.74. The number of carbonyl (C=O) groups is 1. The number of nitrogens with one attached hydrogen (secondary N) is 2. The fourth-order valence-corrected chi connectivity index (χ4v) is 4.08. The van der Waals surface area contributed by atoms with Crippen molar-refractivity contribution in [3.8, 4) is 22.5 Å². The highest BCUT2D eigenvalue weighted by Gasteiger charge is 2.32. The molecule has 2 aromatic carbocycles. The molecule has 1 aliphatic rings. The van der Waals surface area contributed by atoms with Crippen molar-refractivity contribution in [1.82, 2.24) is 31.1 Å². The average molecular weight is 433 g/mol. The van der Waals surface area contributed by atoms with E-state index in [4.69, 9.17) is 4.74 Å². The van der Waals surface area contributed by atoms with Crippen LogP contribution in [0.3, 0.4) is 0 Å². The van der Waals surface area contributed by atoms with Gasteiger partial charge in [-0.15, -0.1) is 10.2 Å². The first-order valence-electron chi connectivity index (χ1n) is 10.9. The number of H-pyrrole nitrogens is 1. The van der Waals surface area contributed by atoms with E-state index in [0.717, 1.165) is 47.3 Å². The number of tetrazole rings is 1. The molecule has 4 rings (SSSR count). The predicted molar refractivity (Wildman–Crippen MR) is 122 cm³/mol. The second-order valence-corrected chi connectivity index (χ2v) is 7.86. The molecule has 0 spiro atoms. The number of benzene rings is 2. The molecule has 0 amide bonds. The number of methoxy groups -OCH3 is 1. The number of allylic oxidation sites excluding steroid dienone is 1. The smallest absolute Gasteiger partial charge is 0.337 e. The molecule has 0 radical (unpaired) electrons. The zero-order valence-corrected chi connectivity index (χ0v) is 18.6. The van der Waals surface area contributed by atoms with Crippen LogP contribution in [-0.4, -0.2) is 51.3 Å². The van der Waals surface area contributed by atoms with Crippen LogP contribution >= 0.6 is 0 Å². The van der Waals surface area contributed by atoms with Crippen LogP contribution in [0.2, 0.25) is 0 Å². The van der Waals surface area contributed by atoms with Crippen molar-refractivity contribution >= 4 is 5.97 Å². The highest BCUT2D eigenvalue weighted by atomic mass is 16.5. The maximum absolute atomic E-state index is 12.5. The Morgan fingerprint density at radius 2 is 1.88 bits per heavy atom. The van der Waals surface area contributed by atoms with Crippen molar-refractivity contribution in [2.45, 2.75) is 39.2 Å². The molecule has 2 heterocycles. The minimum atomic E-state index is -0.273. The molecule has 1 atom stereocenters. The number of hydrazine groups is 1. The number of unbranched alkanes of at least 4 members (excludes halogenated alkanes) is 1. The molecular formula is C24H28N6O2. The monoisotopic (exact) mass is 432 g/mol. The fourth-order valence-electron chi connectivity index (χ4n) is 4.08. The molecule has 32 heavy (non-hydrogen) atoms. The minimum Gasteiger partial charge on any atom is -0.466 e. The minimum absolute atomic E-state index is 0.0737. The summed E-state index contributed by atoms with van der Waals surface area (Å²) in [5.74, 6) is 0.291. The molecule has 0 saturated carbocycles. The van der Waals surface area contributed by atoms with Crippen molar-refractivity contribution in [3.05, 3.63) is 65.4 Å². The standard InChI is InChI=1S/C24H28N6O2/c1-4-5-14-30-21(22(16(2)27-30)24(31)32-3)15-17-10-12-18(13-11-17)19-8-6-7-9-20(19)23-25-28-29-26-23/h6-13,16,27H,4-5,14-15H2,1-3H3,(H,25,26,28,29). The molecule has 2 N–H and O–H groups in total. The third kappa shape index (κ3) is 4.40. The topological polar surface area (TPSA) is 96.0 Å². The first-order valence-corrected chi connectivity index (χ1v) is 10.9. The van der Waals surface area contributed by atoms with Crippen molar-refractivity contribution < 1.29 is 9.53 Å². The summed E-state index contributed by atoms with van der Waals surface area (Å²) in [6.45, 7) is 5.01. The molecule has 8 heteroatoms. The SMILES string of the molecule is CCCCN1NC(C)C(C(=O)OC)=C1Cc1ccc(-c2ccccc2-c2nn[nH]n2)cc1. The lowest BCUT2D eigenvalue weighted by molar-refractivity contribution is -0.136. The van der Waals surface area contributed by atoms with Crippen LogP contribution in [0.1, 0.15) is 32.3 Å². The number of rotatable bonds is 8. The Bertz CT molecular complexity index is 1090. The number of carbonyl (C=O) groups excluding carboxylic acids is 1. The number of ether oxygens (including phenoxy) is 1. The molecule has 0 saturated heterocycles. The van der Waals surface area contributed by atoms with Crippen molar-refractivity contribution in [2.75, 3.05) is 13.7 Å². The fraction of sp³-hybridized carbons (Fsp3) is 0.333. The van der Waals surface area contributed by atoms with Gasteiger partial charge >= 0.3 is 5.97 Å². The third-order valence-electron chi connectivity index (χ3n) is 5.71. The summed E-state index contributed by atoms with van der Waals surface area (Å²) < 4.78 is 5.07. The second-order valence-electron chi connectivity index (χ2n) is 7.86. The first kappa shape index (κ1) is 21.7. The molecule has 0 fully saturated rings. The van der Waals surface area contributed by atoms with Gasteiger partial charge in [0.15, 0.2) is 0 Å². The van der Waals surface area contributed by atoms with E-state index in [0.29, 0.717) is 17.8 Å². The number of hydrogen-bond donors (Lipinski definition) is 2. The summed E-state index contributed by atoms with van der Waals surface area (Å²) in [5, 5.41) is 16.5. The highest BCUT2D eigenvalue weighted by Crippen LogP contribution is 2.31. The Hall–Kier alpha value is -3.52. The lowest BCUT2D eigenvalue weighted by Gasteiger charge is -2.23. The van der Waals surface area contributed by atoms with Crippen LogP contribution in [0.5, 0.6) is 0 Å². The van der Waals surface area contributed by atoms with E-state index in [9.17, 15) is 4.79 Å². The maximum Gasteiger partial charge on any atom is 0.337 e. The molecule has 3 aromatic rings. The van der Waals surface area contributed by atoms with Gasteiger partial charge in [0.25, 0.3) is 0 Å². The highest BCUT2D eigenvalue weighted by molar-refractivity contribution is 5.91. The summed E-state index contributed by atoms with van der Waals surface area (Å²) in [4.78, 5) is 12.5. The van der Waals surface area contributed by atoms with E-state index in [2.05, 4.69) is 62.2 Å². The van der Waals surface area contributed by atoms with E-state index in [1.165, 1.54) is 7.11 Å². The Labute approximate surface area is 187 Å². The number of aromatic amines is 1. The van der Waals surface area contributed by atoms with Gasteiger partial charge in [-0.2, -0.15) is 5.21 Å². The summed E-state index contributed by atoms with van der Waals surface area (Å²) >= 11 is 0. The number of nitrogens with zero attached hydrogens (tertiary/aromatic N) is 4. The Morgan fingerprint density at radius 1 is 1.12 bits per heavy atom. The van der Waals surface area contributed by atoms with Gasteiger partial charge in [-0.05, 0) is 35.2 Å². The molecule has 0 aliphatic carbocycles. The van der Waals surface area contributed by atoms with Crippen LogP contribution in [0.25, 0.3) is 22.5 Å². The Balaban J connectivity index is 1.62. The van der Waals surface area contributed by atoms with Crippen molar-refractivity contribution in [1.29, 1.82) is 0 Å². The summed E-state index contributed by atoms with van der Waals surface area (Å²) in [5.41, 5.74) is 9.26. The first-order chi connectivity index (χ1) is 15.6. The van der Waals surface area contributed by atoms with Gasteiger partial charge in [0.05, 0.1) is 18.7 Å². The summed E-state index contributed by atoms with van der Waals surface area (Å²) in [6.07, 6.45) is 2.78. The van der Waals surface area contributed by atoms with Crippen LogP contribution in [0.15, 0.2) is 59.8 Å². The van der Waals surface area contributed by atoms with Gasteiger partial charge in [-0.25, -0.2) is 10.2 Å². The lowest BCUT2D eigenvalue weighted by atomic mass is 9.96. The van der Waals surface area contributed by atoms with Crippen LogP contribution in [0.4, 0.5) is 0 Å². The van der Waals surface area contributed by atoms with Crippen molar-refractivity contribution in [2.24, 2.45) is 0 Å². The molecule has 0 bridgehead atoms. The summed E-state index contributed by atoms with van der Waals surface area (Å²) in [7, 11) is 1.43. The largest absolute Gasteiger partial charge is 0.466 e.